The zero-order valence-electron chi connectivity index (χ0n) is 11.2. The fraction of sp³-hybridized carbons (Fsp3) is 0.533. The molecule has 0 aromatic heterocycles. The van der Waals surface area contributed by atoms with Crippen molar-refractivity contribution >= 4 is 21.8 Å². The molecule has 0 bridgehead atoms. The standard InChI is InChI=1S/C15H18BrFN2O/c16-13-3-2-10(17)8-12(13)14(20)19-11-4-7-18-15(9-11)5-1-6-15/h2-3,8,11,18H,1,4-7,9H2,(H,19,20). The third kappa shape index (κ3) is 2.74. The van der Waals surface area contributed by atoms with E-state index in [9.17, 15) is 9.18 Å². The van der Waals surface area contributed by atoms with Gasteiger partial charge in [0, 0.05) is 16.1 Å². The molecular formula is C15H18BrFN2O. The lowest BCUT2D eigenvalue weighted by Gasteiger charge is -2.48. The summed E-state index contributed by atoms with van der Waals surface area (Å²) in [6, 6.07) is 4.37. The quantitative estimate of drug-likeness (QED) is 0.868. The number of carbonyl (C=O) groups is 1. The number of nitrogens with one attached hydrogen (secondary N) is 2. The van der Waals surface area contributed by atoms with Crippen molar-refractivity contribution in [3.63, 3.8) is 0 Å². The Bertz CT molecular complexity index is 531. The Morgan fingerprint density at radius 2 is 2.25 bits per heavy atom. The predicted molar refractivity (Wildman–Crippen MR) is 79.2 cm³/mol. The topological polar surface area (TPSA) is 41.1 Å². The van der Waals surface area contributed by atoms with Gasteiger partial charge >= 0.3 is 0 Å². The molecule has 2 fully saturated rings. The SMILES string of the molecule is O=C(NC1CCNC2(CCC2)C1)c1cc(F)ccc1Br. The zero-order chi connectivity index (χ0) is 14.2. The molecule has 1 unspecified atom stereocenters. The molecule has 1 amide bonds. The summed E-state index contributed by atoms with van der Waals surface area (Å²) < 4.78 is 13.9. The molecule has 1 spiro atoms. The number of amides is 1. The summed E-state index contributed by atoms with van der Waals surface area (Å²) in [5, 5.41) is 6.63. The first-order valence-corrected chi connectivity index (χ1v) is 7.88. The molecule has 108 valence electrons. The number of halogens is 2. The van der Waals surface area contributed by atoms with E-state index in [0.29, 0.717) is 10.0 Å². The summed E-state index contributed by atoms with van der Waals surface area (Å²) in [5.74, 6) is -0.586. The van der Waals surface area contributed by atoms with E-state index in [1.807, 2.05) is 0 Å². The van der Waals surface area contributed by atoms with Crippen LogP contribution in [-0.2, 0) is 0 Å². The lowest BCUT2D eigenvalue weighted by molar-refractivity contribution is 0.0852. The average Bonchev–Trinajstić information content (AvgIpc) is 2.40. The summed E-state index contributed by atoms with van der Waals surface area (Å²) in [7, 11) is 0. The van der Waals surface area contributed by atoms with Crippen LogP contribution in [0.5, 0.6) is 0 Å². The molecule has 1 atom stereocenters. The molecule has 1 aromatic carbocycles. The second-order valence-electron chi connectivity index (χ2n) is 5.85. The van der Waals surface area contributed by atoms with Gasteiger partial charge in [-0.15, -0.1) is 0 Å². The highest BCUT2D eigenvalue weighted by Crippen LogP contribution is 2.38. The lowest BCUT2D eigenvalue weighted by Crippen LogP contribution is -2.59. The Morgan fingerprint density at radius 1 is 1.45 bits per heavy atom. The molecule has 1 saturated heterocycles. The van der Waals surface area contributed by atoms with Crippen molar-refractivity contribution in [1.29, 1.82) is 0 Å². The van der Waals surface area contributed by atoms with Crippen molar-refractivity contribution in [2.24, 2.45) is 0 Å². The third-order valence-electron chi connectivity index (χ3n) is 4.45. The number of piperidine rings is 1. The molecule has 5 heteroatoms. The minimum atomic E-state index is -0.390. The Hall–Kier alpha value is -0.940. The van der Waals surface area contributed by atoms with E-state index < -0.39 is 0 Å². The van der Waals surface area contributed by atoms with Gasteiger partial charge < -0.3 is 10.6 Å². The molecule has 1 aliphatic heterocycles. The second-order valence-corrected chi connectivity index (χ2v) is 6.70. The van der Waals surface area contributed by atoms with Crippen LogP contribution in [0, 0.1) is 5.82 Å². The summed E-state index contributed by atoms with van der Waals surface area (Å²) in [4.78, 5) is 12.3. The highest BCUT2D eigenvalue weighted by molar-refractivity contribution is 9.10. The van der Waals surface area contributed by atoms with Crippen LogP contribution in [0.25, 0.3) is 0 Å². The molecule has 3 rings (SSSR count). The molecule has 3 nitrogen and oxygen atoms in total. The fourth-order valence-corrected chi connectivity index (χ4v) is 3.63. The van der Waals surface area contributed by atoms with E-state index >= 15 is 0 Å². The van der Waals surface area contributed by atoms with Crippen molar-refractivity contribution in [3.8, 4) is 0 Å². The monoisotopic (exact) mass is 340 g/mol. The van der Waals surface area contributed by atoms with Crippen LogP contribution in [0.1, 0.15) is 42.5 Å². The van der Waals surface area contributed by atoms with Gasteiger partial charge in [-0.1, -0.05) is 0 Å². The largest absolute Gasteiger partial charge is 0.349 e. The van der Waals surface area contributed by atoms with Crippen LogP contribution in [0.3, 0.4) is 0 Å². The van der Waals surface area contributed by atoms with Gasteiger partial charge in [-0.25, -0.2) is 4.39 Å². The van der Waals surface area contributed by atoms with Crippen molar-refractivity contribution in [2.75, 3.05) is 6.54 Å². The molecule has 1 heterocycles. The zero-order valence-corrected chi connectivity index (χ0v) is 12.8. The molecule has 20 heavy (non-hydrogen) atoms. The summed E-state index contributed by atoms with van der Waals surface area (Å²) in [6.45, 7) is 0.940. The first-order chi connectivity index (χ1) is 9.58. The van der Waals surface area contributed by atoms with E-state index in [2.05, 4.69) is 26.6 Å². The van der Waals surface area contributed by atoms with Gasteiger partial charge in [0.25, 0.3) is 5.91 Å². The minimum Gasteiger partial charge on any atom is -0.349 e. The van der Waals surface area contributed by atoms with E-state index in [-0.39, 0.29) is 23.3 Å². The van der Waals surface area contributed by atoms with Crippen LogP contribution in [-0.4, -0.2) is 24.0 Å². The summed E-state index contributed by atoms with van der Waals surface area (Å²) in [5.41, 5.74) is 0.612. The van der Waals surface area contributed by atoms with E-state index in [1.165, 1.54) is 31.4 Å². The number of benzene rings is 1. The molecule has 1 aliphatic carbocycles. The van der Waals surface area contributed by atoms with Crippen LogP contribution < -0.4 is 10.6 Å². The van der Waals surface area contributed by atoms with Gasteiger partial charge in [-0.05, 0) is 72.8 Å². The summed E-state index contributed by atoms with van der Waals surface area (Å²) in [6.07, 6.45) is 5.57. The fourth-order valence-electron chi connectivity index (χ4n) is 3.20. The first kappa shape index (κ1) is 14.0. The van der Waals surface area contributed by atoms with Crippen molar-refractivity contribution in [3.05, 3.63) is 34.1 Å². The van der Waals surface area contributed by atoms with Crippen molar-refractivity contribution in [2.45, 2.75) is 43.7 Å². The van der Waals surface area contributed by atoms with Gasteiger partial charge in [-0.2, -0.15) is 0 Å². The van der Waals surface area contributed by atoms with Crippen LogP contribution in [0.2, 0.25) is 0 Å². The Kier molecular flexibility index (Phi) is 3.82. The third-order valence-corrected chi connectivity index (χ3v) is 5.14. The molecule has 1 saturated carbocycles. The normalized spacial score (nSPS) is 24.2. The first-order valence-electron chi connectivity index (χ1n) is 7.09. The average molecular weight is 341 g/mol. The maximum Gasteiger partial charge on any atom is 0.252 e. The number of carbonyl (C=O) groups excluding carboxylic acids is 1. The van der Waals surface area contributed by atoms with Crippen LogP contribution >= 0.6 is 15.9 Å². The predicted octanol–water partition coefficient (Wildman–Crippen LogP) is 2.99. The van der Waals surface area contributed by atoms with Gasteiger partial charge in [0.1, 0.15) is 5.82 Å². The maximum atomic E-state index is 13.3. The molecule has 2 aliphatic rings. The Balaban J connectivity index is 1.67. The number of hydrogen-bond acceptors (Lipinski definition) is 2. The van der Waals surface area contributed by atoms with E-state index in [0.717, 1.165) is 19.4 Å². The second kappa shape index (κ2) is 5.45. The maximum absolute atomic E-state index is 13.3. The number of hydrogen-bond donors (Lipinski definition) is 2. The minimum absolute atomic E-state index is 0.180. The highest BCUT2D eigenvalue weighted by atomic mass is 79.9. The molecule has 1 aromatic rings. The Labute approximate surface area is 126 Å². The van der Waals surface area contributed by atoms with E-state index in [4.69, 9.17) is 0 Å². The molecular weight excluding hydrogens is 323 g/mol. The highest BCUT2D eigenvalue weighted by Gasteiger charge is 2.41. The molecule has 2 N–H and O–H groups in total. The number of rotatable bonds is 2. The smallest absolute Gasteiger partial charge is 0.252 e. The van der Waals surface area contributed by atoms with Crippen molar-refractivity contribution in [1.82, 2.24) is 10.6 Å². The van der Waals surface area contributed by atoms with Gasteiger partial charge in [0.2, 0.25) is 0 Å². The van der Waals surface area contributed by atoms with Crippen molar-refractivity contribution < 1.29 is 9.18 Å². The molecule has 0 radical (unpaired) electrons. The van der Waals surface area contributed by atoms with Gasteiger partial charge in [0.15, 0.2) is 0 Å². The Morgan fingerprint density at radius 3 is 2.95 bits per heavy atom. The van der Waals surface area contributed by atoms with E-state index in [1.54, 1.807) is 6.07 Å². The van der Waals surface area contributed by atoms with Gasteiger partial charge in [0.05, 0.1) is 5.56 Å². The van der Waals surface area contributed by atoms with Crippen LogP contribution in [0.15, 0.2) is 22.7 Å². The lowest BCUT2D eigenvalue weighted by atomic mass is 9.70. The van der Waals surface area contributed by atoms with Gasteiger partial charge in [-0.3, -0.25) is 4.79 Å². The van der Waals surface area contributed by atoms with Crippen LogP contribution in [0.4, 0.5) is 4.39 Å². The summed E-state index contributed by atoms with van der Waals surface area (Å²) >= 11 is 3.30.